The molecule has 0 unspecified atom stereocenters. The fourth-order valence-electron chi connectivity index (χ4n) is 1.36. The highest BCUT2D eigenvalue weighted by Crippen LogP contribution is 2.23. The van der Waals surface area contributed by atoms with Crippen LogP contribution in [0.3, 0.4) is 0 Å². The van der Waals surface area contributed by atoms with Crippen molar-refractivity contribution >= 4 is 5.97 Å². The maximum atomic E-state index is 10.8. The molecular formula is C13H8N2O3. The van der Waals surface area contributed by atoms with Crippen LogP contribution in [0.15, 0.2) is 42.6 Å². The third kappa shape index (κ3) is 2.44. The van der Waals surface area contributed by atoms with Gasteiger partial charge in [-0.15, -0.1) is 0 Å². The molecule has 0 aliphatic heterocycles. The van der Waals surface area contributed by atoms with Gasteiger partial charge in [0, 0.05) is 12.3 Å². The van der Waals surface area contributed by atoms with Crippen molar-refractivity contribution < 1.29 is 14.6 Å². The van der Waals surface area contributed by atoms with Crippen molar-refractivity contribution in [3.63, 3.8) is 0 Å². The van der Waals surface area contributed by atoms with Crippen LogP contribution in [0.4, 0.5) is 0 Å². The van der Waals surface area contributed by atoms with E-state index in [1.54, 1.807) is 24.3 Å². The van der Waals surface area contributed by atoms with Crippen LogP contribution in [-0.4, -0.2) is 16.1 Å². The second-order valence-corrected chi connectivity index (χ2v) is 3.40. The first-order valence-corrected chi connectivity index (χ1v) is 5.07. The van der Waals surface area contributed by atoms with Gasteiger partial charge in [-0.2, -0.15) is 5.26 Å². The molecule has 2 rings (SSSR count). The number of carboxylic acids is 1. The molecule has 1 aromatic carbocycles. The maximum absolute atomic E-state index is 10.8. The smallest absolute Gasteiger partial charge is 0.335 e. The van der Waals surface area contributed by atoms with Crippen molar-refractivity contribution in [1.82, 2.24) is 4.98 Å². The topological polar surface area (TPSA) is 83.2 Å². The molecule has 0 radical (unpaired) electrons. The van der Waals surface area contributed by atoms with E-state index in [0.717, 1.165) is 0 Å². The van der Waals surface area contributed by atoms with Gasteiger partial charge in [0.1, 0.15) is 11.8 Å². The first-order chi connectivity index (χ1) is 8.70. The Balaban J connectivity index is 2.32. The van der Waals surface area contributed by atoms with Gasteiger partial charge in [-0.05, 0) is 18.2 Å². The molecule has 0 aliphatic carbocycles. The highest BCUT2D eigenvalue weighted by atomic mass is 16.5. The molecule has 88 valence electrons. The van der Waals surface area contributed by atoms with E-state index in [2.05, 4.69) is 4.98 Å². The number of nitriles is 1. The van der Waals surface area contributed by atoms with E-state index < -0.39 is 5.97 Å². The third-order valence-corrected chi connectivity index (χ3v) is 2.20. The number of ether oxygens (including phenoxy) is 1. The molecule has 0 fully saturated rings. The highest BCUT2D eigenvalue weighted by Gasteiger charge is 2.08. The van der Waals surface area contributed by atoms with Gasteiger partial charge in [0.25, 0.3) is 0 Å². The molecule has 0 saturated carbocycles. The van der Waals surface area contributed by atoms with Gasteiger partial charge in [0.05, 0.1) is 11.1 Å². The highest BCUT2D eigenvalue weighted by molar-refractivity contribution is 5.87. The Morgan fingerprint density at radius 2 is 2.11 bits per heavy atom. The lowest BCUT2D eigenvalue weighted by Gasteiger charge is -2.06. The van der Waals surface area contributed by atoms with E-state index in [-0.39, 0.29) is 11.4 Å². The van der Waals surface area contributed by atoms with Crippen LogP contribution < -0.4 is 4.74 Å². The van der Waals surface area contributed by atoms with Crippen LogP contribution in [0, 0.1) is 11.3 Å². The Bertz CT molecular complexity index is 632. The van der Waals surface area contributed by atoms with E-state index in [1.165, 1.54) is 18.3 Å². The summed E-state index contributed by atoms with van der Waals surface area (Å²) in [5.74, 6) is -0.580. The van der Waals surface area contributed by atoms with E-state index in [4.69, 9.17) is 15.1 Å². The van der Waals surface area contributed by atoms with Crippen LogP contribution in [0.1, 0.15) is 15.9 Å². The van der Waals surface area contributed by atoms with Gasteiger partial charge in [0.2, 0.25) is 5.88 Å². The van der Waals surface area contributed by atoms with Crippen molar-refractivity contribution in [2.75, 3.05) is 0 Å². The summed E-state index contributed by atoms with van der Waals surface area (Å²) in [7, 11) is 0. The fourth-order valence-corrected chi connectivity index (χ4v) is 1.36. The first kappa shape index (κ1) is 11.6. The summed E-state index contributed by atoms with van der Waals surface area (Å²) in [6, 6.07) is 11.3. The van der Waals surface area contributed by atoms with Gasteiger partial charge in [0.15, 0.2) is 0 Å². The fraction of sp³-hybridized carbons (Fsp3) is 0. The van der Waals surface area contributed by atoms with Gasteiger partial charge in [-0.3, -0.25) is 0 Å². The average molecular weight is 240 g/mol. The Morgan fingerprint density at radius 3 is 2.83 bits per heavy atom. The summed E-state index contributed by atoms with van der Waals surface area (Å²) in [4.78, 5) is 14.7. The molecule has 0 amide bonds. The zero-order chi connectivity index (χ0) is 13.0. The molecule has 5 nitrogen and oxygen atoms in total. The molecule has 18 heavy (non-hydrogen) atoms. The monoisotopic (exact) mass is 240 g/mol. The minimum atomic E-state index is -1.06. The van der Waals surface area contributed by atoms with E-state index in [9.17, 15) is 4.79 Å². The van der Waals surface area contributed by atoms with Crippen molar-refractivity contribution in [2.45, 2.75) is 0 Å². The lowest BCUT2D eigenvalue weighted by Crippen LogP contribution is -1.98. The molecule has 2 aromatic rings. The number of carboxylic acid groups (broad SMARTS) is 1. The number of nitrogens with zero attached hydrogens (tertiary/aromatic N) is 2. The van der Waals surface area contributed by atoms with Crippen LogP contribution in [-0.2, 0) is 0 Å². The van der Waals surface area contributed by atoms with Gasteiger partial charge >= 0.3 is 5.97 Å². The van der Waals surface area contributed by atoms with Crippen LogP contribution >= 0.6 is 0 Å². The summed E-state index contributed by atoms with van der Waals surface area (Å²) in [5, 5.41) is 17.7. The summed E-state index contributed by atoms with van der Waals surface area (Å²) < 4.78 is 5.39. The molecule has 0 atom stereocenters. The quantitative estimate of drug-likeness (QED) is 0.890. The Morgan fingerprint density at radius 1 is 1.33 bits per heavy atom. The largest absolute Gasteiger partial charge is 0.478 e. The van der Waals surface area contributed by atoms with Crippen LogP contribution in [0.25, 0.3) is 0 Å². The zero-order valence-electron chi connectivity index (χ0n) is 9.20. The lowest BCUT2D eigenvalue weighted by atomic mass is 10.2. The number of pyridine rings is 1. The standard InChI is InChI=1S/C13H8N2O3/c14-8-10-3-1-2-4-11(10)18-12-7-9(13(16)17)5-6-15-12/h1-7H,(H,16,17). The predicted octanol–water partition coefficient (Wildman–Crippen LogP) is 2.44. The van der Waals surface area contributed by atoms with Crippen molar-refractivity contribution in [2.24, 2.45) is 0 Å². The van der Waals surface area contributed by atoms with Crippen LogP contribution in [0.5, 0.6) is 11.6 Å². The van der Waals surface area contributed by atoms with Crippen molar-refractivity contribution in [3.8, 4) is 17.7 Å². The summed E-state index contributed by atoms with van der Waals surface area (Å²) in [6.07, 6.45) is 1.34. The van der Waals surface area contributed by atoms with Gasteiger partial charge in [-0.25, -0.2) is 9.78 Å². The summed E-state index contributed by atoms with van der Waals surface area (Å²) in [5.41, 5.74) is 0.439. The average Bonchev–Trinajstić information content (AvgIpc) is 2.39. The van der Waals surface area contributed by atoms with E-state index >= 15 is 0 Å². The number of hydrogen-bond donors (Lipinski definition) is 1. The molecule has 1 aromatic heterocycles. The van der Waals surface area contributed by atoms with Gasteiger partial charge in [-0.1, -0.05) is 12.1 Å². The number of rotatable bonds is 3. The number of carbonyl (C=O) groups is 1. The Labute approximate surface area is 103 Å². The second kappa shape index (κ2) is 4.97. The first-order valence-electron chi connectivity index (χ1n) is 5.07. The molecule has 1 N–H and O–H groups in total. The predicted molar refractivity (Wildman–Crippen MR) is 62.4 cm³/mol. The number of aromatic carboxylic acids is 1. The van der Waals surface area contributed by atoms with Crippen molar-refractivity contribution in [3.05, 3.63) is 53.7 Å². The van der Waals surface area contributed by atoms with Crippen molar-refractivity contribution in [1.29, 1.82) is 5.26 Å². The summed E-state index contributed by atoms with van der Waals surface area (Å²) >= 11 is 0. The SMILES string of the molecule is N#Cc1ccccc1Oc1cc(C(=O)O)ccn1. The minimum Gasteiger partial charge on any atom is -0.478 e. The molecule has 0 bridgehead atoms. The molecular weight excluding hydrogens is 232 g/mol. The number of aromatic nitrogens is 1. The van der Waals surface area contributed by atoms with Gasteiger partial charge < -0.3 is 9.84 Å². The van der Waals surface area contributed by atoms with Crippen LogP contribution in [0.2, 0.25) is 0 Å². The minimum absolute atomic E-state index is 0.0782. The number of hydrogen-bond acceptors (Lipinski definition) is 4. The third-order valence-electron chi connectivity index (χ3n) is 2.20. The molecule has 0 spiro atoms. The lowest BCUT2D eigenvalue weighted by molar-refractivity contribution is 0.0696. The maximum Gasteiger partial charge on any atom is 0.335 e. The molecule has 0 saturated heterocycles. The molecule has 5 heteroatoms. The second-order valence-electron chi connectivity index (χ2n) is 3.40. The summed E-state index contributed by atoms with van der Waals surface area (Å²) in [6.45, 7) is 0. The number of benzene rings is 1. The Hall–Kier alpha value is -2.87. The number of para-hydroxylation sites is 1. The molecule has 1 heterocycles. The Kier molecular flexibility index (Phi) is 3.21. The van der Waals surface area contributed by atoms with E-state index in [1.807, 2.05) is 6.07 Å². The molecule has 0 aliphatic rings. The normalized spacial score (nSPS) is 9.50. The zero-order valence-corrected chi connectivity index (χ0v) is 9.20. The van der Waals surface area contributed by atoms with E-state index in [0.29, 0.717) is 11.3 Å².